The van der Waals surface area contributed by atoms with E-state index in [1.165, 1.54) is 0 Å². The molecule has 16 heavy (non-hydrogen) atoms. The number of rotatable bonds is 3. The van der Waals surface area contributed by atoms with Gasteiger partial charge in [0, 0.05) is 0 Å². The van der Waals surface area contributed by atoms with E-state index < -0.39 is 55.9 Å². The van der Waals surface area contributed by atoms with Crippen molar-refractivity contribution in [3.63, 3.8) is 0 Å². The van der Waals surface area contributed by atoms with Crippen LogP contribution in [0.3, 0.4) is 0 Å². The molecule has 0 saturated carbocycles. The van der Waals surface area contributed by atoms with Crippen LogP contribution in [0.1, 0.15) is 0 Å². The van der Waals surface area contributed by atoms with E-state index in [1.807, 2.05) is 0 Å². The van der Waals surface area contributed by atoms with Crippen LogP contribution in [0.5, 0.6) is 0 Å². The molecule has 0 aromatic carbocycles. The monoisotopic (exact) mass is 270 g/mol. The van der Waals surface area contributed by atoms with Crippen LogP contribution in [0.25, 0.3) is 0 Å². The summed E-state index contributed by atoms with van der Waals surface area (Å²) in [6, 6.07) is 0. The fourth-order valence-electron chi connectivity index (χ4n) is 0.258. The third-order valence-electron chi connectivity index (χ3n) is 0.782. The van der Waals surface area contributed by atoms with E-state index in [0.717, 1.165) is 0 Å². The SMILES string of the molecule is O=C([O-])C(O)C(O)C(=O)[O-].[OH][Al+][OH].[OH][Al+][OH]. The molecule has 12 heteroatoms. The van der Waals surface area contributed by atoms with Gasteiger partial charge in [0.2, 0.25) is 0 Å². The zero-order chi connectivity index (χ0) is 13.7. The van der Waals surface area contributed by atoms with E-state index in [-0.39, 0.29) is 0 Å². The van der Waals surface area contributed by atoms with E-state index >= 15 is 0 Å². The van der Waals surface area contributed by atoms with Gasteiger partial charge in [-0.1, -0.05) is 0 Å². The molecule has 0 saturated heterocycles. The van der Waals surface area contributed by atoms with Crippen LogP contribution in [-0.2, 0) is 9.59 Å². The van der Waals surface area contributed by atoms with Gasteiger partial charge in [0.05, 0.1) is 11.9 Å². The molecule has 0 aliphatic rings. The van der Waals surface area contributed by atoms with E-state index in [2.05, 4.69) is 0 Å². The van der Waals surface area contributed by atoms with Gasteiger partial charge >= 0.3 is 48.4 Å². The maximum absolute atomic E-state index is 9.63. The molecule has 2 unspecified atom stereocenters. The van der Waals surface area contributed by atoms with Gasteiger partial charge in [-0.25, -0.2) is 0 Å². The molecule has 2 atom stereocenters. The molecule has 0 aliphatic carbocycles. The van der Waals surface area contributed by atoms with Crippen LogP contribution < -0.4 is 10.2 Å². The second kappa shape index (κ2) is 14.8. The van der Waals surface area contributed by atoms with Gasteiger partial charge < -0.3 is 30.0 Å². The average Bonchev–Trinajstić information content (AvgIpc) is 2.17. The van der Waals surface area contributed by atoms with Crippen molar-refractivity contribution in [3.8, 4) is 0 Å². The molecule has 0 fully saturated rings. The van der Waals surface area contributed by atoms with Crippen molar-refractivity contribution in [2.24, 2.45) is 0 Å². The Morgan fingerprint density at radius 2 is 0.938 bits per heavy atom. The number of hydrogen-bond acceptors (Lipinski definition) is 10. The molecular weight excluding hydrogens is 262 g/mol. The summed E-state index contributed by atoms with van der Waals surface area (Å²) in [5.74, 6) is -4.12. The summed E-state index contributed by atoms with van der Waals surface area (Å²) in [4.78, 5) is 19.3. The summed E-state index contributed by atoms with van der Waals surface area (Å²) in [5, 5.41) is 35.7. The Morgan fingerprint density at radius 1 is 0.812 bits per heavy atom. The predicted octanol–water partition coefficient (Wildman–Crippen LogP) is -7.78. The first-order valence-corrected chi connectivity index (χ1v) is 5.34. The second-order valence-corrected chi connectivity index (χ2v) is 2.22. The minimum absolute atomic E-state index is 1.25. The van der Waals surface area contributed by atoms with Crippen LogP contribution >= 0.6 is 0 Å². The maximum atomic E-state index is 9.63. The molecule has 0 aliphatic heterocycles. The number of carbonyl (C=O) groups is 2. The van der Waals surface area contributed by atoms with Crippen molar-refractivity contribution in [2.45, 2.75) is 12.2 Å². The molecule has 0 spiro atoms. The summed E-state index contributed by atoms with van der Waals surface area (Å²) < 4.78 is 28.8. The fraction of sp³-hybridized carbons (Fsp3) is 0.500. The van der Waals surface area contributed by atoms with Crippen molar-refractivity contribution < 1.29 is 46.6 Å². The van der Waals surface area contributed by atoms with Crippen molar-refractivity contribution >= 4 is 43.7 Å². The fourth-order valence-corrected chi connectivity index (χ4v) is 0.258. The van der Waals surface area contributed by atoms with Gasteiger partial charge in [-0.2, -0.15) is 0 Å². The Hall–Kier alpha value is -0.235. The normalized spacial score (nSPS) is 11.1. The van der Waals surface area contributed by atoms with Gasteiger partial charge in [0.1, 0.15) is 12.2 Å². The summed E-state index contributed by atoms with van der Waals surface area (Å²) in [6.07, 6.45) is -4.88. The van der Waals surface area contributed by atoms with Gasteiger partial charge in [-0.15, -0.1) is 0 Å². The Labute approximate surface area is 103 Å². The molecule has 0 amide bonds. The van der Waals surface area contributed by atoms with Crippen molar-refractivity contribution in [3.05, 3.63) is 0 Å². The first-order chi connectivity index (χ1) is 7.29. The Bertz CT molecular complexity index is 166. The number of aliphatic hydroxyl groups excluding tert-OH is 2. The molecule has 0 rings (SSSR count). The number of aliphatic hydroxyl groups is 2. The molecule has 0 aromatic rings. The average molecular weight is 270 g/mol. The van der Waals surface area contributed by atoms with Crippen LogP contribution in [0.15, 0.2) is 0 Å². The van der Waals surface area contributed by atoms with E-state index in [1.54, 1.807) is 0 Å². The van der Waals surface area contributed by atoms with Crippen molar-refractivity contribution in [2.75, 3.05) is 0 Å². The third-order valence-corrected chi connectivity index (χ3v) is 0.782. The molecule has 90 valence electrons. The molecular formula is C4H8Al2O10. The van der Waals surface area contributed by atoms with Gasteiger partial charge in [0.15, 0.2) is 0 Å². The van der Waals surface area contributed by atoms with Gasteiger partial charge in [-0.3, -0.25) is 0 Å². The first kappa shape index (κ1) is 21.1. The molecule has 0 radical (unpaired) electrons. The second-order valence-electron chi connectivity index (χ2n) is 1.76. The summed E-state index contributed by atoms with van der Waals surface area (Å²) in [6.45, 7) is 0. The zero-order valence-electron chi connectivity index (χ0n) is 7.63. The topological polar surface area (TPSA) is 202 Å². The zero-order valence-corrected chi connectivity index (χ0v) is 9.94. The van der Waals surface area contributed by atoms with Crippen molar-refractivity contribution in [1.29, 1.82) is 0 Å². The summed E-state index contributed by atoms with van der Waals surface area (Å²) >= 11 is -2.50. The number of carboxylic acid groups (broad SMARTS) is 2. The predicted molar refractivity (Wildman–Crippen MR) is 42.4 cm³/mol. The van der Waals surface area contributed by atoms with Crippen LogP contribution in [-0.4, -0.2) is 82.8 Å². The third kappa shape index (κ3) is 16.2. The van der Waals surface area contributed by atoms with E-state index in [9.17, 15) is 19.8 Å². The number of carbonyl (C=O) groups excluding carboxylic acids is 2. The van der Waals surface area contributed by atoms with Crippen LogP contribution in [0.4, 0.5) is 0 Å². The summed E-state index contributed by atoms with van der Waals surface area (Å²) in [5.41, 5.74) is 0. The van der Waals surface area contributed by atoms with Crippen LogP contribution in [0.2, 0.25) is 0 Å². The molecule has 0 bridgehead atoms. The Balaban J connectivity index is -0.000000235. The Morgan fingerprint density at radius 3 is 1.00 bits per heavy atom. The quantitative estimate of drug-likeness (QED) is 0.267. The Kier molecular flexibility index (Phi) is 19.5. The standard InChI is InChI=1S/C4H6O6.2Al.4H2O/c5-1(3(7)8)2(6)4(9)10;;;;;;/h1-2,5-6H,(H,7,8)(H,9,10);;;4*1H2/q;2*+3;;;;/p-6. The number of aliphatic carboxylic acids is 2. The van der Waals surface area contributed by atoms with Crippen LogP contribution in [0, 0.1) is 0 Å². The minimum atomic E-state index is -2.44. The summed E-state index contributed by atoms with van der Waals surface area (Å²) in [7, 11) is 0. The molecule has 10 nitrogen and oxygen atoms in total. The van der Waals surface area contributed by atoms with Gasteiger partial charge in [0.25, 0.3) is 0 Å². The van der Waals surface area contributed by atoms with E-state index in [0.29, 0.717) is 0 Å². The first-order valence-electron chi connectivity index (χ1n) is 3.28. The van der Waals surface area contributed by atoms with E-state index in [4.69, 9.17) is 26.8 Å². The molecule has 6 N–H and O–H groups in total. The molecule has 0 heterocycles. The van der Waals surface area contributed by atoms with Crippen molar-refractivity contribution in [1.82, 2.24) is 0 Å². The number of hydrogen-bond donors (Lipinski definition) is 6. The number of carboxylic acids is 2. The van der Waals surface area contributed by atoms with Gasteiger partial charge in [-0.05, 0) is 0 Å². The molecule has 0 aromatic heterocycles.